The highest BCUT2D eigenvalue weighted by Crippen LogP contribution is 2.58. The molecule has 11 heteroatoms. The number of aliphatic hydroxyl groups excluding tert-OH is 1. The van der Waals surface area contributed by atoms with Crippen molar-refractivity contribution in [1.82, 2.24) is 20.1 Å². The molecule has 3 aromatic heterocycles. The fraction of sp³-hybridized carbons (Fsp3) is 0.424. The number of carbonyl (C=O) groups is 1. The van der Waals surface area contributed by atoms with E-state index in [0.29, 0.717) is 30.0 Å². The Morgan fingerprint density at radius 3 is 2.68 bits per heavy atom. The molecule has 0 bridgehead atoms. The van der Waals surface area contributed by atoms with Gasteiger partial charge in [-0.15, -0.1) is 11.3 Å². The quantitative estimate of drug-likeness (QED) is 0.284. The largest absolute Gasteiger partial charge is 0.483 e. The zero-order valence-corrected chi connectivity index (χ0v) is 25.8. The monoisotopic (exact) mass is 612 g/mol. The lowest BCUT2D eigenvalue weighted by Gasteiger charge is -2.37. The molecule has 4 aromatic rings. The number of nitrogens with one attached hydrogen (secondary N) is 1. The number of carboxylic acid groups (broad SMARTS) is 1. The molecular weight excluding hydrogens is 576 g/mol. The van der Waals surface area contributed by atoms with Crippen molar-refractivity contribution >= 4 is 33.7 Å². The van der Waals surface area contributed by atoms with Gasteiger partial charge in [0.15, 0.2) is 0 Å². The molecule has 228 valence electrons. The normalized spacial score (nSPS) is 22.0. The number of thiophene rings is 1. The van der Waals surface area contributed by atoms with E-state index in [2.05, 4.69) is 65.3 Å². The minimum Gasteiger partial charge on any atom is -0.483 e. The molecule has 0 unspecified atom stereocenters. The first-order chi connectivity index (χ1) is 21.1. The maximum absolute atomic E-state index is 12.9. The summed E-state index contributed by atoms with van der Waals surface area (Å²) in [6, 6.07) is 12.7. The number of aliphatic hydroxyl groups is 1. The number of hydrogen-bond donors (Lipinski definition) is 3. The average Bonchev–Trinajstić information content (AvgIpc) is 3.43. The standard InChI is InChI=1S/C32H34N6O2S.CH2O2/c1-32(2,3)20-9-29(40)38(36-13-20)16-23-11-28-31(41-23)24(4-5-34-28)26-6-18(12-33)7-27-25-8-19(25)15-37(30(26)27)22-10-21(17-39)35-14-22;2-1-3/h4-7,9,11,13,19,21-22,25,35,39H,8,10,14-17H2,1-3H3;1H,(H,2,3)/t19-,21+,22-,25-;/m0./s1. The van der Waals surface area contributed by atoms with Gasteiger partial charge in [0.05, 0.1) is 41.2 Å². The molecule has 7 rings (SSSR count). The summed E-state index contributed by atoms with van der Waals surface area (Å²) < 4.78 is 2.56. The Balaban J connectivity index is 0.00000110. The summed E-state index contributed by atoms with van der Waals surface area (Å²) in [5.41, 5.74) is 6.88. The van der Waals surface area contributed by atoms with Crippen LogP contribution in [0, 0.1) is 17.2 Å². The first-order valence-corrected chi connectivity index (χ1v) is 15.7. The van der Waals surface area contributed by atoms with Gasteiger partial charge in [0.2, 0.25) is 0 Å². The maximum Gasteiger partial charge on any atom is 0.290 e. The molecule has 1 saturated heterocycles. The Morgan fingerprint density at radius 2 is 2.00 bits per heavy atom. The molecule has 0 radical (unpaired) electrons. The summed E-state index contributed by atoms with van der Waals surface area (Å²) >= 11 is 1.64. The van der Waals surface area contributed by atoms with Crippen LogP contribution in [0.1, 0.15) is 61.1 Å². The Labute approximate surface area is 259 Å². The predicted octanol–water partition coefficient (Wildman–Crippen LogP) is 4.08. The molecule has 5 heterocycles. The fourth-order valence-corrected chi connectivity index (χ4v) is 7.72. The minimum atomic E-state index is -0.250. The summed E-state index contributed by atoms with van der Waals surface area (Å²) in [5.74, 6) is 1.13. The van der Waals surface area contributed by atoms with E-state index in [1.807, 2.05) is 12.3 Å². The number of anilines is 1. The van der Waals surface area contributed by atoms with Crippen LogP contribution in [0.4, 0.5) is 5.69 Å². The third-order valence-electron chi connectivity index (χ3n) is 8.96. The van der Waals surface area contributed by atoms with E-state index in [1.165, 1.54) is 15.9 Å². The molecule has 3 aliphatic rings. The number of nitriles is 1. The lowest BCUT2D eigenvalue weighted by atomic mass is 9.89. The zero-order chi connectivity index (χ0) is 31.2. The number of fused-ring (bicyclic) bond motifs is 4. The Kier molecular flexibility index (Phi) is 8.01. The van der Waals surface area contributed by atoms with Crippen molar-refractivity contribution in [3.05, 3.63) is 74.6 Å². The van der Waals surface area contributed by atoms with Gasteiger partial charge in [0.25, 0.3) is 12.0 Å². The lowest BCUT2D eigenvalue weighted by molar-refractivity contribution is -0.122. The second-order valence-electron chi connectivity index (χ2n) is 12.9. The van der Waals surface area contributed by atoms with Crippen molar-refractivity contribution in [3.63, 3.8) is 0 Å². The second kappa shape index (κ2) is 11.8. The van der Waals surface area contributed by atoms with Gasteiger partial charge in [-0.2, -0.15) is 10.4 Å². The number of hydrogen-bond acceptors (Lipinski definition) is 9. The minimum absolute atomic E-state index is 0.111. The van der Waals surface area contributed by atoms with Crippen LogP contribution in [0.15, 0.2) is 47.5 Å². The third kappa shape index (κ3) is 5.61. The van der Waals surface area contributed by atoms with Crippen molar-refractivity contribution in [1.29, 1.82) is 5.26 Å². The zero-order valence-electron chi connectivity index (χ0n) is 25.0. The average molecular weight is 613 g/mol. The fourth-order valence-electron chi connectivity index (χ4n) is 6.60. The van der Waals surface area contributed by atoms with Gasteiger partial charge in [-0.25, -0.2) is 4.68 Å². The molecule has 4 atom stereocenters. The molecule has 1 aliphatic carbocycles. The van der Waals surface area contributed by atoms with E-state index in [-0.39, 0.29) is 30.1 Å². The number of nitrogens with zero attached hydrogens (tertiary/aromatic N) is 5. The van der Waals surface area contributed by atoms with Crippen LogP contribution >= 0.6 is 11.3 Å². The summed E-state index contributed by atoms with van der Waals surface area (Å²) in [6.07, 6.45) is 5.69. The third-order valence-corrected chi connectivity index (χ3v) is 10.1. The molecule has 3 N–H and O–H groups in total. The predicted molar refractivity (Wildman–Crippen MR) is 170 cm³/mol. The Hall–Kier alpha value is -4.11. The van der Waals surface area contributed by atoms with Gasteiger partial charge in [-0.05, 0) is 65.5 Å². The smallest absolute Gasteiger partial charge is 0.290 e. The van der Waals surface area contributed by atoms with Crippen LogP contribution in [0.3, 0.4) is 0 Å². The molecule has 0 amide bonds. The Morgan fingerprint density at radius 1 is 1.20 bits per heavy atom. The van der Waals surface area contributed by atoms with E-state index in [1.54, 1.807) is 23.6 Å². The van der Waals surface area contributed by atoms with Gasteiger partial charge in [0, 0.05) is 59.1 Å². The van der Waals surface area contributed by atoms with Crippen LogP contribution in [0.2, 0.25) is 0 Å². The van der Waals surface area contributed by atoms with Gasteiger partial charge in [-0.3, -0.25) is 14.6 Å². The molecule has 2 fully saturated rings. The lowest BCUT2D eigenvalue weighted by Crippen LogP contribution is -2.41. The van der Waals surface area contributed by atoms with E-state index in [0.717, 1.165) is 57.7 Å². The first kappa shape index (κ1) is 29.9. The summed E-state index contributed by atoms with van der Waals surface area (Å²) in [7, 11) is 0. The number of aromatic nitrogens is 3. The summed E-state index contributed by atoms with van der Waals surface area (Å²) in [5, 5.41) is 34.6. The van der Waals surface area contributed by atoms with Gasteiger partial charge in [0.1, 0.15) is 0 Å². The summed E-state index contributed by atoms with van der Waals surface area (Å²) in [4.78, 5) is 29.5. The van der Waals surface area contributed by atoms with Crippen LogP contribution in [-0.2, 0) is 16.8 Å². The van der Waals surface area contributed by atoms with Gasteiger partial charge >= 0.3 is 0 Å². The van der Waals surface area contributed by atoms with Crippen LogP contribution in [0.5, 0.6) is 0 Å². The number of pyridine rings is 1. The van der Waals surface area contributed by atoms with Crippen molar-refractivity contribution < 1.29 is 15.0 Å². The highest BCUT2D eigenvalue weighted by Gasteiger charge is 2.48. The van der Waals surface area contributed by atoms with E-state index in [9.17, 15) is 15.2 Å². The van der Waals surface area contributed by atoms with Crippen molar-refractivity contribution in [2.75, 3.05) is 24.6 Å². The van der Waals surface area contributed by atoms with E-state index < -0.39 is 0 Å². The van der Waals surface area contributed by atoms with Crippen LogP contribution in [0.25, 0.3) is 21.3 Å². The van der Waals surface area contributed by atoms with E-state index in [4.69, 9.17) is 9.90 Å². The molecular formula is C33H36N6O4S. The number of benzene rings is 1. The van der Waals surface area contributed by atoms with Crippen LogP contribution in [-0.4, -0.2) is 63.2 Å². The molecule has 1 aromatic carbocycles. The van der Waals surface area contributed by atoms with Gasteiger partial charge in [-0.1, -0.05) is 20.8 Å². The molecule has 44 heavy (non-hydrogen) atoms. The first-order valence-electron chi connectivity index (χ1n) is 14.9. The highest BCUT2D eigenvalue weighted by molar-refractivity contribution is 7.19. The molecule has 2 aliphatic heterocycles. The maximum atomic E-state index is 12.9. The second-order valence-corrected chi connectivity index (χ2v) is 14.0. The Bertz CT molecular complexity index is 1820. The highest BCUT2D eigenvalue weighted by atomic mass is 32.1. The van der Waals surface area contributed by atoms with Crippen LogP contribution < -0.4 is 15.8 Å². The summed E-state index contributed by atoms with van der Waals surface area (Å²) in [6.45, 7) is 8.34. The SMILES string of the molecule is CC(C)(C)c1cnn(Cc2cc3nccc(-c4cc(C#N)cc5c4N([C@@H]4CN[C@@H](CO)C4)C[C@@H]4C[C@H]54)c3s2)c(=O)c1.O=CO. The topological polar surface area (TPSA) is 144 Å². The molecule has 1 saturated carbocycles. The van der Waals surface area contributed by atoms with Crippen molar-refractivity contribution in [3.8, 4) is 17.2 Å². The molecule has 0 spiro atoms. The van der Waals surface area contributed by atoms with Gasteiger partial charge < -0.3 is 20.4 Å². The number of rotatable bonds is 5. The van der Waals surface area contributed by atoms with Crippen molar-refractivity contribution in [2.24, 2.45) is 5.92 Å². The van der Waals surface area contributed by atoms with Crippen molar-refractivity contribution in [2.45, 2.75) is 63.6 Å². The molecule has 10 nitrogen and oxygen atoms in total. The van der Waals surface area contributed by atoms with E-state index >= 15 is 0 Å².